The van der Waals surface area contributed by atoms with Crippen LogP contribution in [0.25, 0.3) is 11.4 Å². The summed E-state index contributed by atoms with van der Waals surface area (Å²) in [6.45, 7) is 6.08. The van der Waals surface area contributed by atoms with Crippen molar-refractivity contribution >= 4 is 23.5 Å². The predicted octanol–water partition coefficient (Wildman–Crippen LogP) is 3.48. The molecule has 8 nitrogen and oxygen atoms in total. The summed E-state index contributed by atoms with van der Waals surface area (Å²) in [5.74, 6) is 2.10. The fourth-order valence-electron chi connectivity index (χ4n) is 3.73. The molecule has 0 unspecified atom stereocenters. The molecule has 0 aliphatic carbocycles. The van der Waals surface area contributed by atoms with E-state index in [1.807, 2.05) is 17.0 Å². The molecule has 1 aliphatic rings. The van der Waals surface area contributed by atoms with Crippen molar-refractivity contribution in [1.82, 2.24) is 25.7 Å². The van der Waals surface area contributed by atoms with Gasteiger partial charge in [-0.3, -0.25) is 9.79 Å². The Labute approximate surface area is 188 Å². The largest absolute Gasteiger partial charge is 0.354 e. The molecule has 1 amide bonds. The summed E-state index contributed by atoms with van der Waals surface area (Å²) in [7, 11) is 1.73. The first kappa shape index (κ1) is 23.1. The molecule has 1 aromatic carbocycles. The number of piperidine rings is 1. The number of nitrogens with zero attached hydrogens (tertiary/aromatic N) is 4. The highest BCUT2D eigenvalue weighted by Crippen LogP contribution is 2.19. The highest BCUT2D eigenvalue weighted by Gasteiger charge is 2.26. The molecule has 0 atom stereocenters. The Hall–Kier alpha value is -2.61. The van der Waals surface area contributed by atoms with Gasteiger partial charge in [-0.25, -0.2) is 0 Å². The van der Waals surface area contributed by atoms with E-state index in [4.69, 9.17) is 16.1 Å². The van der Waals surface area contributed by atoms with Crippen LogP contribution in [0, 0.1) is 5.92 Å². The monoisotopic (exact) mass is 446 g/mol. The Balaban J connectivity index is 1.46. The van der Waals surface area contributed by atoms with Gasteiger partial charge in [0, 0.05) is 42.7 Å². The van der Waals surface area contributed by atoms with Crippen molar-refractivity contribution in [3.8, 4) is 11.4 Å². The zero-order valence-electron chi connectivity index (χ0n) is 18.4. The van der Waals surface area contributed by atoms with Crippen molar-refractivity contribution in [3.63, 3.8) is 0 Å². The third-order valence-corrected chi connectivity index (χ3v) is 5.94. The van der Waals surface area contributed by atoms with E-state index in [1.54, 1.807) is 19.2 Å². The molecule has 0 bridgehead atoms. The maximum absolute atomic E-state index is 12.6. The van der Waals surface area contributed by atoms with Gasteiger partial charge in [-0.1, -0.05) is 30.6 Å². The number of hydrogen-bond acceptors (Lipinski definition) is 5. The van der Waals surface area contributed by atoms with Gasteiger partial charge in [0.25, 0.3) is 0 Å². The van der Waals surface area contributed by atoms with Crippen LogP contribution in [0.3, 0.4) is 0 Å². The lowest BCUT2D eigenvalue weighted by Gasteiger charge is -2.34. The molecule has 0 radical (unpaired) electrons. The van der Waals surface area contributed by atoms with Crippen molar-refractivity contribution in [2.24, 2.45) is 10.9 Å². The Bertz CT molecular complexity index is 870. The molecule has 3 rings (SSSR count). The second-order valence-corrected chi connectivity index (χ2v) is 8.14. The summed E-state index contributed by atoms with van der Waals surface area (Å²) < 4.78 is 5.33. The summed E-state index contributed by atoms with van der Waals surface area (Å²) in [5.41, 5.74) is 0.844. The summed E-state index contributed by atoms with van der Waals surface area (Å²) in [6, 6.07) is 7.56. The van der Waals surface area contributed by atoms with E-state index in [0.717, 1.165) is 44.3 Å². The summed E-state index contributed by atoms with van der Waals surface area (Å²) in [4.78, 5) is 23.3. The van der Waals surface area contributed by atoms with Gasteiger partial charge in [-0.05, 0) is 49.9 Å². The molecule has 1 aliphatic heterocycles. The number of amides is 1. The third-order valence-electron chi connectivity index (χ3n) is 5.68. The van der Waals surface area contributed by atoms with Crippen molar-refractivity contribution in [2.45, 2.75) is 52.1 Å². The van der Waals surface area contributed by atoms with Crippen LogP contribution in [0.1, 0.15) is 45.4 Å². The SMILES string of the molecule is CCC(CC)C(=O)N1CCC(NC(=NC)NCc2nc(-c3ccc(Cl)cc3)no2)CC1. The Morgan fingerprint density at radius 3 is 2.55 bits per heavy atom. The number of aliphatic imine (C=N–C) groups is 1. The number of rotatable bonds is 7. The zero-order valence-corrected chi connectivity index (χ0v) is 19.2. The van der Waals surface area contributed by atoms with Crippen LogP contribution in [0.4, 0.5) is 0 Å². The number of halogens is 1. The molecule has 9 heteroatoms. The minimum Gasteiger partial charge on any atom is -0.354 e. The van der Waals surface area contributed by atoms with Gasteiger partial charge in [0.15, 0.2) is 5.96 Å². The lowest BCUT2D eigenvalue weighted by atomic mass is 9.98. The van der Waals surface area contributed by atoms with E-state index in [2.05, 4.69) is 39.6 Å². The average Bonchev–Trinajstić information content (AvgIpc) is 3.27. The Kier molecular flexibility index (Phi) is 8.28. The van der Waals surface area contributed by atoms with E-state index >= 15 is 0 Å². The molecular formula is C22H31ClN6O2. The number of likely N-dealkylation sites (tertiary alicyclic amines) is 1. The Morgan fingerprint density at radius 1 is 1.26 bits per heavy atom. The maximum Gasteiger partial charge on any atom is 0.246 e. The van der Waals surface area contributed by atoms with Crippen LogP contribution in [-0.2, 0) is 11.3 Å². The van der Waals surface area contributed by atoms with E-state index in [1.165, 1.54) is 0 Å². The quantitative estimate of drug-likeness (QED) is 0.499. The maximum atomic E-state index is 12.6. The topological polar surface area (TPSA) is 95.7 Å². The first-order chi connectivity index (χ1) is 15.0. The summed E-state index contributed by atoms with van der Waals surface area (Å²) in [6.07, 6.45) is 3.60. The first-order valence-corrected chi connectivity index (χ1v) is 11.3. The van der Waals surface area contributed by atoms with E-state index < -0.39 is 0 Å². The number of guanidine groups is 1. The van der Waals surface area contributed by atoms with Crippen LogP contribution in [-0.4, -0.2) is 53.1 Å². The van der Waals surface area contributed by atoms with Gasteiger partial charge in [0.05, 0.1) is 6.54 Å². The van der Waals surface area contributed by atoms with E-state index in [9.17, 15) is 4.79 Å². The molecule has 1 saturated heterocycles. The van der Waals surface area contributed by atoms with Crippen molar-refractivity contribution in [3.05, 3.63) is 35.2 Å². The van der Waals surface area contributed by atoms with Crippen LogP contribution in [0.15, 0.2) is 33.8 Å². The average molecular weight is 447 g/mol. The van der Waals surface area contributed by atoms with Crippen molar-refractivity contribution < 1.29 is 9.32 Å². The second-order valence-electron chi connectivity index (χ2n) is 7.70. The highest BCUT2D eigenvalue weighted by molar-refractivity contribution is 6.30. The number of aromatic nitrogens is 2. The minimum absolute atomic E-state index is 0.145. The normalized spacial score (nSPS) is 15.4. The van der Waals surface area contributed by atoms with Gasteiger partial charge >= 0.3 is 0 Å². The van der Waals surface area contributed by atoms with Crippen LogP contribution in [0.5, 0.6) is 0 Å². The van der Waals surface area contributed by atoms with Gasteiger partial charge in [0.1, 0.15) is 0 Å². The molecule has 2 heterocycles. The molecule has 0 saturated carbocycles. The molecule has 168 valence electrons. The number of benzene rings is 1. The van der Waals surface area contributed by atoms with Gasteiger partial charge < -0.3 is 20.1 Å². The van der Waals surface area contributed by atoms with Crippen LogP contribution < -0.4 is 10.6 Å². The number of hydrogen-bond donors (Lipinski definition) is 2. The van der Waals surface area contributed by atoms with E-state index in [0.29, 0.717) is 35.1 Å². The van der Waals surface area contributed by atoms with Crippen LogP contribution in [0.2, 0.25) is 5.02 Å². The fourth-order valence-corrected chi connectivity index (χ4v) is 3.86. The lowest BCUT2D eigenvalue weighted by molar-refractivity contribution is -0.136. The van der Waals surface area contributed by atoms with E-state index in [-0.39, 0.29) is 12.0 Å². The predicted molar refractivity (Wildman–Crippen MR) is 122 cm³/mol. The second kappa shape index (κ2) is 11.1. The number of carbonyl (C=O) groups excluding carboxylic acids is 1. The number of carbonyl (C=O) groups is 1. The standard InChI is InChI=1S/C22H31ClN6O2/c1-4-15(5-2)21(30)29-12-10-18(11-13-29)26-22(24-3)25-14-19-27-20(28-31-19)16-6-8-17(23)9-7-16/h6-9,15,18H,4-5,10-14H2,1-3H3,(H2,24,25,26). The molecule has 1 aromatic heterocycles. The number of nitrogens with one attached hydrogen (secondary N) is 2. The lowest BCUT2D eigenvalue weighted by Crippen LogP contribution is -2.50. The van der Waals surface area contributed by atoms with Gasteiger partial charge in [0.2, 0.25) is 17.6 Å². The zero-order chi connectivity index (χ0) is 22.2. The Morgan fingerprint density at radius 2 is 1.94 bits per heavy atom. The van der Waals surface area contributed by atoms with Crippen LogP contribution >= 0.6 is 11.6 Å². The fraction of sp³-hybridized carbons (Fsp3) is 0.545. The van der Waals surface area contributed by atoms with Crippen molar-refractivity contribution in [1.29, 1.82) is 0 Å². The smallest absolute Gasteiger partial charge is 0.246 e. The molecule has 0 spiro atoms. The molecule has 2 N–H and O–H groups in total. The third kappa shape index (κ3) is 6.19. The molecule has 2 aromatic rings. The van der Waals surface area contributed by atoms with Crippen molar-refractivity contribution in [2.75, 3.05) is 20.1 Å². The molecular weight excluding hydrogens is 416 g/mol. The first-order valence-electron chi connectivity index (χ1n) is 10.9. The molecule has 1 fully saturated rings. The van der Waals surface area contributed by atoms with Gasteiger partial charge in [-0.2, -0.15) is 4.98 Å². The highest BCUT2D eigenvalue weighted by atomic mass is 35.5. The minimum atomic E-state index is 0.145. The van der Waals surface area contributed by atoms with Gasteiger partial charge in [-0.15, -0.1) is 0 Å². The summed E-state index contributed by atoms with van der Waals surface area (Å²) in [5, 5.41) is 11.3. The summed E-state index contributed by atoms with van der Waals surface area (Å²) >= 11 is 5.92. The molecule has 31 heavy (non-hydrogen) atoms.